The SMILES string of the molecule is O=[N+]([O-])c1cc(F)cc(NCC2CCCOC2)c1. The summed E-state index contributed by atoms with van der Waals surface area (Å²) in [5, 5.41) is 13.6. The Balaban J connectivity index is 1.97. The normalized spacial score (nSPS) is 19.5. The molecule has 1 atom stereocenters. The van der Waals surface area contributed by atoms with Crippen LogP contribution in [0.15, 0.2) is 18.2 Å². The van der Waals surface area contributed by atoms with Gasteiger partial charge in [0.15, 0.2) is 0 Å². The monoisotopic (exact) mass is 254 g/mol. The second kappa shape index (κ2) is 5.77. The Hall–Kier alpha value is -1.69. The van der Waals surface area contributed by atoms with Crippen molar-refractivity contribution in [3.05, 3.63) is 34.1 Å². The van der Waals surface area contributed by atoms with Gasteiger partial charge in [0, 0.05) is 24.9 Å². The fourth-order valence-corrected chi connectivity index (χ4v) is 2.01. The van der Waals surface area contributed by atoms with Gasteiger partial charge in [0.05, 0.1) is 17.6 Å². The zero-order valence-corrected chi connectivity index (χ0v) is 9.89. The third kappa shape index (κ3) is 3.40. The summed E-state index contributed by atoms with van der Waals surface area (Å²) in [4.78, 5) is 10.0. The highest BCUT2D eigenvalue weighted by atomic mass is 19.1. The van der Waals surface area contributed by atoms with Crippen molar-refractivity contribution in [2.45, 2.75) is 12.8 Å². The summed E-state index contributed by atoms with van der Waals surface area (Å²) < 4.78 is 18.5. The summed E-state index contributed by atoms with van der Waals surface area (Å²) in [5.41, 5.74) is 0.199. The molecule has 0 aliphatic carbocycles. The molecule has 1 aromatic carbocycles. The van der Waals surface area contributed by atoms with E-state index in [1.807, 2.05) is 0 Å². The first-order valence-electron chi connectivity index (χ1n) is 5.92. The lowest BCUT2D eigenvalue weighted by Gasteiger charge is -2.22. The molecule has 1 aliphatic rings. The zero-order valence-electron chi connectivity index (χ0n) is 9.89. The summed E-state index contributed by atoms with van der Waals surface area (Å²) in [7, 11) is 0. The van der Waals surface area contributed by atoms with E-state index in [2.05, 4.69) is 5.32 Å². The maximum Gasteiger partial charge on any atom is 0.274 e. The molecule has 1 aromatic rings. The summed E-state index contributed by atoms with van der Waals surface area (Å²) in [5.74, 6) is -0.229. The highest BCUT2D eigenvalue weighted by Crippen LogP contribution is 2.21. The van der Waals surface area contributed by atoms with E-state index < -0.39 is 10.7 Å². The van der Waals surface area contributed by atoms with Gasteiger partial charge in [-0.25, -0.2) is 4.39 Å². The molecule has 0 bridgehead atoms. The molecule has 0 aromatic heterocycles. The standard InChI is InChI=1S/C12H15FN2O3/c13-10-4-11(6-12(5-10)15(16)17)14-7-9-2-1-3-18-8-9/h4-6,9,14H,1-3,7-8H2. The third-order valence-corrected chi connectivity index (χ3v) is 2.94. The van der Waals surface area contributed by atoms with Crippen LogP contribution in [0.3, 0.4) is 0 Å². The minimum absolute atomic E-state index is 0.239. The van der Waals surface area contributed by atoms with Crippen molar-refractivity contribution in [1.82, 2.24) is 0 Å². The van der Waals surface area contributed by atoms with Crippen LogP contribution in [0.25, 0.3) is 0 Å². The largest absolute Gasteiger partial charge is 0.384 e. The lowest BCUT2D eigenvalue weighted by atomic mass is 10.0. The molecule has 6 heteroatoms. The molecule has 2 rings (SSSR count). The molecule has 1 saturated heterocycles. The number of rotatable bonds is 4. The molecule has 18 heavy (non-hydrogen) atoms. The molecule has 1 unspecified atom stereocenters. The minimum atomic E-state index is -0.605. The number of nitrogens with one attached hydrogen (secondary N) is 1. The summed E-state index contributed by atoms with van der Waals surface area (Å²) in [6.45, 7) is 2.12. The van der Waals surface area contributed by atoms with Gasteiger partial charge in [-0.2, -0.15) is 0 Å². The first-order valence-corrected chi connectivity index (χ1v) is 5.92. The van der Waals surface area contributed by atoms with Crippen LogP contribution >= 0.6 is 0 Å². The maximum atomic E-state index is 13.2. The van der Waals surface area contributed by atoms with Crippen molar-refractivity contribution in [2.75, 3.05) is 25.1 Å². The Morgan fingerprint density at radius 2 is 2.33 bits per heavy atom. The quantitative estimate of drug-likeness (QED) is 0.662. The molecular formula is C12H15FN2O3. The number of halogens is 1. The van der Waals surface area contributed by atoms with Crippen LogP contribution in [0.2, 0.25) is 0 Å². The van der Waals surface area contributed by atoms with Crippen LogP contribution in [0, 0.1) is 21.8 Å². The van der Waals surface area contributed by atoms with E-state index >= 15 is 0 Å². The minimum Gasteiger partial charge on any atom is -0.384 e. The maximum absolute atomic E-state index is 13.2. The van der Waals surface area contributed by atoms with Crippen molar-refractivity contribution in [2.24, 2.45) is 5.92 Å². The van der Waals surface area contributed by atoms with Crippen LogP contribution in [-0.2, 0) is 4.74 Å². The topological polar surface area (TPSA) is 64.4 Å². The van der Waals surface area contributed by atoms with Gasteiger partial charge in [0.25, 0.3) is 5.69 Å². The molecule has 1 fully saturated rings. The first kappa shape index (κ1) is 12.8. The van der Waals surface area contributed by atoms with Gasteiger partial charge in [-0.15, -0.1) is 0 Å². The van der Waals surface area contributed by atoms with Gasteiger partial charge in [-0.3, -0.25) is 10.1 Å². The fourth-order valence-electron chi connectivity index (χ4n) is 2.01. The molecule has 1 N–H and O–H groups in total. The summed E-state index contributed by atoms with van der Waals surface area (Å²) in [6.07, 6.45) is 2.08. The average molecular weight is 254 g/mol. The Kier molecular flexibility index (Phi) is 4.09. The Bertz CT molecular complexity index is 433. The van der Waals surface area contributed by atoms with Gasteiger partial charge in [0.1, 0.15) is 5.82 Å². The van der Waals surface area contributed by atoms with Gasteiger partial charge in [-0.1, -0.05) is 0 Å². The predicted molar refractivity (Wildman–Crippen MR) is 65.1 cm³/mol. The first-order chi connectivity index (χ1) is 8.65. The van der Waals surface area contributed by atoms with Crippen molar-refractivity contribution in [3.63, 3.8) is 0 Å². The number of non-ortho nitro benzene ring substituents is 1. The highest BCUT2D eigenvalue weighted by Gasteiger charge is 2.15. The van der Waals surface area contributed by atoms with Crippen molar-refractivity contribution >= 4 is 11.4 Å². The molecule has 5 nitrogen and oxygen atoms in total. The predicted octanol–water partition coefficient (Wildman–Crippen LogP) is 2.57. The van der Waals surface area contributed by atoms with Crippen LogP contribution in [-0.4, -0.2) is 24.7 Å². The van der Waals surface area contributed by atoms with Crippen LogP contribution < -0.4 is 5.32 Å². The van der Waals surface area contributed by atoms with Crippen molar-refractivity contribution < 1.29 is 14.1 Å². The van der Waals surface area contributed by atoms with E-state index in [0.717, 1.165) is 25.5 Å². The van der Waals surface area contributed by atoms with E-state index in [-0.39, 0.29) is 5.69 Å². The second-order valence-electron chi connectivity index (χ2n) is 4.42. The van der Waals surface area contributed by atoms with E-state index in [4.69, 9.17) is 4.74 Å². The lowest BCUT2D eigenvalue weighted by molar-refractivity contribution is -0.385. The second-order valence-corrected chi connectivity index (χ2v) is 4.42. The number of nitro groups is 1. The van der Waals surface area contributed by atoms with Crippen LogP contribution in [0.4, 0.5) is 15.8 Å². The Labute approximate surface area is 104 Å². The lowest BCUT2D eigenvalue weighted by Crippen LogP contribution is -2.24. The highest BCUT2D eigenvalue weighted by molar-refractivity contribution is 5.51. The van der Waals surface area contributed by atoms with Gasteiger partial charge >= 0.3 is 0 Å². The van der Waals surface area contributed by atoms with E-state index in [1.165, 1.54) is 12.1 Å². The molecule has 0 amide bonds. The van der Waals surface area contributed by atoms with Crippen LogP contribution in [0.5, 0.6) is 0 Å². The zero-order chi connectivity index (χ0) is 13.0. The van der Waals surface area contributed by atoms with E-state index in [0.29, 0.717) is 24.8 Å². The van der Waals surface area contributed by atoms with Gasteiger partial charge in [-0.05, 0) is 24.8 Å². The smallest absolute Gasteiger partial charge is 0.274 e. The third-order valence-electron chi connectivity index (χ3n) is 2.94. The molecule has 1 aliphatic heterocycles. The fraction of sp³-hybridized carbons (Fsp3) is 0.500. The van der Waals surface area contributed by atoms with Gasteiger partial charge < -0.3 is 10.1 Å². The van der Waals surface area contributed by atoms with Crippen LogP contribution in [0.1, 0.15) is 12.8 Å². The Morgan fingerprint density at radius 1 is 1.50 bits per heavy atom. The summed E-state index contributed by atoms with van der Waals surface area (Å²) in [6, 6.07) is 3.51. The van der Waals surface area contributed by atoms with E-state index in [9.17, 15) is 14.5 Å². The number of benzene rings is 1. The molecular weight excluding hydrogens is 239 g/mol. The van der Waals surface area contributed by atoms with E-state index in [1.54, 1.807) is 0 Å². The number of nitro benzene ring substituents is 1. The van der Waals surface area contributed by atoms with Gasteiger partial charge in [0.2, 0.25) is 0 Å². The number of hydrogen-bond acceptors (Lipinski definition) is 4. The Morgan fingerprint density at radius 3 is 3.00 bits per heavy atom. The number of nitrogens with zero attached hydrogens (tertiary/aromatic N) is 1. The molecule has 98 valence electrons. The number of ether oxygens (including phenoxy) is 1. The number of hydrogen-bond donors (Lipinski definition) is 1. The molecule has 0 radical (unpaired) electrons. The summed E-state index contributed by atoms with van der Waals surface area (Å²) >= 11 is 0. The van der Waals surface area contributed by atoms with Crippen molar-refractivity contribution in [3.8, 4) is 0 Å². The number of anilines is 1. The van der Waals surface area contributed by atoms with Crippen molar-refractivity contribution in [1.29, 1.82) is 0 Å². The molecule has 0 saturated carbocycles. The average Bonchev–Trinajstić information content (AvgIpc) is 2.37. The molecule has 1 heterocycles. The molecule has 0 spiro atoms.